The summed E-state index contributed by atoms with van der Waals surface area (Å²) < 4.78 is 2.02. The van der Waals surface area contributed by atoms with Crippen molar-refractivity contribution in [1.82, 2.24) is 0 Å². The summed E-state index contributed by atoms with van der Waals surface area (Å²) in [4.78, 5) is 12.4. The average molecular weight is 522 g/mol. The van der Waals surface area contributed by atoms with Gasteiger partial charge in [-0.15, -0.1) is 0 Å². The summed E-state index contributed by atoms with van der Waals surface area (Å²) in [5.74, 6) is 2.80. The second-order valence-electron chi connectivity index (χ2n) is 7.42. The van der Waals surface area contributed by atoms with Gasteiger partial charge in [0.2, 0.25) is 0 Å². The fourth-order valence-electron chi connectivity index (χ4n) is 5.41. The van der Waals surface area contributed by atoms with Gasteiger partial charge in [0, 0.05) is 11.8 Å². The van der Waals surface area contributed by atoms with Crippen molar-refractivity contribution < 1.29 is 9.90 Å². The van der Waals surface area contributed by atoms with Crippen LogP contribution in [-0.2, 0) is 11.2 Å². The highest BCUT2D eigenvalue weighted by molar-refractivity contribution is 14.1. The molecule has 0 aromatic heterocycles. The second kappa shape index (κ2) is 5.33. The van der Waals surface area contributed by atoms with Gasteiger partial charge in [-0.05, 0) is 112 Å². The van der Waals surface area contributed by atoms with Crippen LogP contribution in [0.3, 0.4) is 0 Å². The average Bonchev–Trinajstić information content (AvgIpc) is 2.80. The van der Waals surface area contributed by atoms with Crippen LogP contribution in [0.5, 0.6) is 5.75 Å². The van der Waals surface area contributed by atoms with E-state index in [1.165, 1.54) is 17.5 Å². The van der Waals surface area contributed by atoms with Crippen LogP contribution in [0.1, 0.15) is 56.1 Å². The van der Waals surface area contributed by atoms with E-state index in [-0.39, 0.29) is 5.41 Å². The fraction of sp³-hybridized carbons (Fsp3) is 0.611. The number of phenolic OH excluding ortho intramolecular Hbond substituents is 1. The smallest absolute Gasteiger partial charge is 0.142 e. The molecule has 3 aliphatic rings. The minimum Gasteiger partial charge on any atom is -0.506 e. The van der Waals surface area contributed by atoms with Gasteiger partial charge in [0.25, 0.3) is 0 Å². The Hall–Kier alpha value is 0.150. The molecule has 2 fully saturated rings. The molecule has 1 N–H and O–H groups in total. The first-order valence-electron chi connectivity index (χ1n) is 8.16. The lowest BCUT2D eigenvalue weighted by Crippen LogP contribution is -2.42. The lowest BCUT2D eigenvalue weighted by molar-refractivity contribution is -0.129. The van der Waals surface area contributed by atoms with Crippen LogP contribution in [0.2, 0.25) is 0 Å². The zero-order valence-corrected chi connectivity index (χ0v) is 17.0. The van der Waals surface area contributed by atoms with Crippen molar-refractivity contribution >= 4 is 51.0 Å². The summed E-state index contributed by atoms with van der Waals surface area (Å²) in [7, 11) is 0. The van der Waals surface area contributed by atoms with Crippen LogP contribution in [0.25, 0.3) is 0 Å². The molecule has 1 aromatic carbocycles. The zero-order chi connectivity index (χ0) is 15.6. The quantitative estimate of drug-likeness (QED) is 0.486. The number of rotatable bonds is 0. The minimum absolute atomic E-state index is 0.0457. The van der Waals surface area contributed by atoms with E-state index in [1.807, 2.05) is 0 Å². The first kappa shape index (κ1) is 15.7. The molecule has 2 nitrogen and oxygen atoms in total. The third-order valence-electron chi connectivity index (χ3n) is 6.60. The van der Waals surface area contributed by atoms with Gasteiger partial charge in [-0.3, -0.25) is 4.79 Å². The summed E-state index contributed by atoms with van der Waals surface area (Å²) in [6.07, 6.45) is 6.31. The van der Waals surface area contributed by atoms with Gasteiger partial charge < -0.3 is 5.11 Å². The van der Waals surface area contributed by atoms with Crippen LogP contribution < -0.4 is 0 Å². The molecule has 0 unspecified atom stereocenters. The normalized spacial score (nSPS) is 36.7. The molecule has 0 heterocycles. The van der Waals surface area contributed by atoms with Crippen molar-refractivity contribution in [1.29, 1.82) is 0 Å². The topological polar surface area (TPSA) is 37.3 Å². The molecule has 4 heteroatoms. The Balaban J connectivity index is 1.78. The van der Waals surface area contributed by atoms with E-state index in [2.05, 4.69) is 58.2 Å². The molecular formula is C18H20I2O2. The molecule has 0 radical (unpaired) electrons. The highest BCUT2D eigenvalue weighted by Gasteiger charge is 2.54. The molecule has 0 bridgehead atoms. The Morgan fingerprint density at radius 3 is 2.77 bits per heavy atom. The number of phenols is 1. The van der Waals surface area contributed by atoms with Crippen LogP contribution in [-0.4, -0.2) is 10.9 Å². The van der Waals surface area contributed by atoms with E-state index < -0.39 is 0 Å². The number of hydrogen-bond donors (Lipinski definition) is 1. The highest BCUT2D eigenvalue weighted by atomic mass is 127. The Bertz CT molecular complexity index is 670. The molecule has 22 heavy (non-hydrogen) atoms. The summed E-state index contributed by atoms with van der Waals surface area (Å²) in [6, 6.07) is 2.21. The second-order valence-corrected chi connectivity index (χ2v) is 9.66. The van der Waals surface area contributed by atoms with E-state index in [9.17, 15) is 9.90 Å². The predicted octanol–water partition coefficient (Wildman–Crippen LogP) is 5.03. The third-order valence-corrected chi connectivity index (χ3v) is 8.59. The van der Waals surface area contributed by atoms with Crippen molar-refractivity contribution in [2.45, 2.75) is 51.4 Å². The number of ketones is 1. The Labute approximate surface area is 158 Å². The first-order valence-corrected chi connectivity index (χ1v) is 10.3. The zero-order valence-electron chi connectivity index (χ0n) is 12.7. The van der Waals surface area contributed by atoms with Crippen molar-refractivity contribution in [3.8, 4) is 5.75 Å². The van der Waals surface area contributed by atoms with Gasteiger partial charge in [0.15, 0.2) is 0 Å². The molecule has 0 aliphatic heterocycles. The van der Waals surface area contributed by atoms with Gasteiger partial charge in [-0.25, -0.2) is 0 Å². The number of fused-ring (bicyclic) bond motifs is 5. The SMILES string of the molecule is C[C@]12CC[C@@H]3c4cc(I)c(O)c(I)c4CC[C@H]3[C@@H]1CCC2=O. The van der Waals surface area contributed by atoms with Crippen molar-refractivity contribution in [2.75, 3.05) is 0 Å². The largest absolute Gasteiger partial charge is 0.506 e. The Morgan fingerprint density at radius 1 is 1.23 bits per heavy atom. The maximum absolute atomic E-state index is 12.4. The van der Waals surface area contributed by atoms with E-state index in [4.69, 9.17) is 0 Å². The van der Waals surface area contributed by atoms with Crippen LogP contribution >= 0.6 is 45.2 Å². The molecule has 1 aromatic rings. The number of benzene rings is 1. The van der Waals surface area contributed by atoms with Gasteiger partial charge in [0.1, 0.15) is 11.5 Å². The summed E-state index contributed by atoms with van der Waals surface area (Å²) in [5.41, 5.74) is 2.78. The Morgan fingerprint density at radius 2 is 2.00 bits per heavy atom. The number of hydrogen-bond acceptors (Lipinski definition) is 2. The van der Waals surface area contributed by atoms with Gasteiger partial charge >= 0.3 is 0 Å². The summed E-state index contributed by atoms with van der Waals surface area (Å²) in [6.45, 7) is 2.23. The lowest BCUT2D eigenvalue weighted by atomic mass is 9.55. The highest BCUT2D eigenvalue weighted by Crippen LogP contribution is 2.60. The number of carbonyl (C=O) groups excluding carboxylic acids is 1. The molecule has 4 atom stereocenters. The van der Waals surface area contributed by atoms with Gasteiger partial charge in [0.05, 0.1) is 7.14 Å². The molecule has 0 amide bonds. The van der Waals surface area contributed by atoms with E-state index in [0.717, 1.165) is 39.2 Å². The third kappa shape index (κ3) is 2.04. The van der Waals surface area contributed by atoms with Crippen molar-refractivity contribution in [3.05, 3.63) is 24.3 Å². The molecule has 4 rings (SSSR count). The van der Waals surface area contributed by atoms with Gasteiger partial charge in [-0.1, -0.05) is 6.92 Å². The maximum Gasteiger partial charge on any atom is 0.142 e. The number of halogens is 2. The monoisotopic (exact) mass is 522 g/mol. The van der Waals surface area contributed by atoms with Crippen LogP contribution in [0, 0.1) is 24.4 Å². The van der Waals surface area contributed by atoms with Crippen LogP contribution in [0.15, 0.2) is 6.07 Å². The summed E-state index contributed by atoms with van der Waals surface area (Å²) in [5, 5.41) is 10.2. The molecule has 2 saturated carbocycles. The molecule has 3 aliphatic carbocycles. The molecule has 0 spiro atoms. The number of Topliss-reactive ketones (excluding diaryl/α,β-unsaturated/α-hetero) is 1. The molecule has 0 saturated heterocycles. The Kier molecular flexibility index (Phi) is 3.79. The van der Waals surface area contributed by atoms with Crippen molar-refractivity contribution in [3.63, 3.8) is 0 Å². The van der Waals surface area contributed by atoms with Crippen molar-refractivity contribution in [2.24, 2.45) is 17.3 Å². The number of aromatic hydroxyl groups is 1. The van der Waals surface area contributed by atoms with E-state index in [0.29, 0.717) is 29.3 Å². The van der Waals surface area contributed by atoms with E-state index >= 15 is 0 Å². The fourth-order valence-corrected chi connectivity index (χ4v) is 7.40. The van der Waals surface area contributed by atoms with E-state index in [1.54, 1.807) is 0 Å². The lowest BCUT2D eigenvalue weighted by Gasteiger charge is -2.48. The summed E-state index contributed by atoms with van der Waals surface area (Å²) >= 11 is 4.55. The minimum atomic E-state index is -0.0457. The van der Waals surface area contributed by atoms with Crippen LogP contribution in [0.4, 0.5) is 0 Å². The maximum atomic E-state index is 12.4. The number of carbonyl (C=O) groups is 1. The van der Waals surface area contributed by atoms with Gasteiger partial charge in [-0.2, -0.15) is 0 Å². The standard InChI is InChI=1S/C18H20I2O2/c1-18-7-6-9-10(13(18)4-5-15(18)21)2-3-11-12(9)8-14(19)17(22)16(11)20/h8-10,13,22H,2-7H2,1H3/t9-,10+,13-,18-/m0/s1. The predicted molar refractivity (Wildman–Crippen MR) is 103 cm³/mol. The first-order chi connectivity index (χ1) is 10.4. The molecular weight excluding hydrogens is 502 g/mol. The molecule has 118 valence electrons.